The van der Waals surface area contributed by atoms with Crippen molar-refractivity contribution in [3.8, 4) is 0 Å². The van der Waals surface area contributed by atoms with Crippen LogP contribution in [0, 0.1) is 0 Å². The molecular formula is C13H24O3. The average Bonchev–Trinajstić information content (AvgIpc) is 2.27. The van der Waals surface area contributed by atoms with Gasteiger partial charge in [0.05, 0.1) is 7.11 Å². The zero-order chi connectivity index (χ0) is 12.2. The van der Waals surface area contributed by atoms with Crippen LogP contribution in [-0.4, -0.2) is 18.9 Å². The second-order valence-corrected chi connectivity index (χ2v) is 4.16. The predicted molar refractivity (Wildman–Crippen MR) is 64.3 cm³/mol. The number of methoxy groups -OCH3 is 1. The Balaban J connectivity index is 3.24. The number of esters is 1. The van der Waals surface area contributed by atoms with Gasteiger partial charge in [-0.3, -0.25) is 9.59 Å². The summed E-state index contributed by atoms with van der Waals surface area (Å²) < 4.78 is 4.43. The maximum Gasteiger partial charge on any atom is 0.313 e. The van der Waals surface area contributed by atoms with Crippen LogP contribution in [0.25, 0.3) is 0 Å². The Kier molecular flexibility index (Phi) is 10.1. The predicted octanol–water partition coefficient (Wildman–Crippen LogP) is 3.26. The number of ketones is 1. The van der Waals surface area contributed by atoms with Gasteiger partial charge in [-0.15, -0.1) is 0 Å². The molecule has 0 bridgehead atoms. The molecule has 0 N–H and O–H groups in total. The number of hydrogen-bond donors (Lipinski definition) is 0. The first-order valence-electron chi connectivity index (χ1n) is 6.29. The molecule has 0 aromatic carbocycles. The summed E-state index contributed by atoms with van der Waals surface area (Å²) in [5.74, 6) is -0.423. The summed E-state index contributed by atoms with van der Waals surface area (Å²) in [4.78, 5) is 22.0. The van der Waals surface area contributed by atoms with Crippen molar-refractivity contribution in [2.75, 3.05) is 7.11 Å². The Hall–Kier alpha value is -0.860. The minimum atomic E-state index is -0.423. The van der Waals surface area contributed by atoms with Crippen molar-refractivity contribution in [3.05, 3.63) is 0 Å². The maximum atomic E-state index is 11.2. The summed E-state index contributed by atoms with van der Waals surface area (Å²) in [6.07, 6.45) is 8.78. The van der Waals surface area contributed by atoms with Gasteiger partial charge >= 0.3 is 5.97 Å². The standard InChI is InChI=1S/C13H24O3/c1-3-4-5-6-7-8-9-10-12(14)11-13(15)16-2/h3-11H2,1-2H3. The molecule has 0 aliphatic carbocycles. The molecule has 0 saturated heterocycles. The van der Waals surface area contributed by atoms with Gasteiger partial charge < -0.3 is 4.74 Å². The number of unbranched alkanes of at least 4 members (excludes halogenated alkanes) is 6. The van der Waals surface area contributed by atoms with Crippen LogP contribution >= 0.6 is 0 Å². The first-order chi connectivity index (χ1) is 7.70. The molecule has 0 aromatic heterocycles. The highest BCUT2D eigenvalue weighted by Gasteiger charge is 2.08. The van der Waals surface area contributed by atoms with Gasteiger partial charge in [0.2, 0.25) is 0 Å². The molecule has 0 rings (SSSR count). The quantitative estimate of drug-likeness (QED) is 0.327. The molecule has 0 atom stereocenters. The lowest BCUT2D eigenvalue weighted by molar-refractivity contribution is -0.143. The lowest BCUT2D eigenvalue weighted by atomic mass is 10.1. The maximum absolute atomic E-state index is 11.2. The van der Waals surface area contributed by atoms with E-state index in [0.29, 0.717) is 6.42 Å². The molecule has 0 saturated carbocycles. The minimum absolute atomic E-state index is 0.000378. The molecule has 0 radical (unpaired) electrons. The Labute approximate surface area is 98.6 Å². The third-order valence-corrected chi connectivity index (χ3v) is 2.63. The largest absolute Gasteiger partial charge is 0.469 e. The number of ether oxygens (including phenoxy) is 1. The SMILES string of the molecule is CCCCCCCCCC(=O)CC(=O)OC. The van der Waals surface area contributed by atoms with Crippen LogP contribution in [0.1, 0.15) is 64.7 Å². The van der Waals surface area contributed by atoms with E-state index in [2.05, 4.69) is 11.7 Å². The highest BCUT2D eigenvalue weighted by molar-refractivity contribution is 5.95. The van der Waals surface area contributed by atoms with E-state index in [4.69, 9.17) is 0 Å². The van der Waals surface area contributed by atoms with E-state index in [1.165, 1.54) is 39.2 Å². The van der Waals surface area contributed by atoms with Crippen LogP contribution in [0.4, 0.5) is 0 Å². The second kappa shape index (κ2) is 10.7. The normalized spacial score (nSPS) is 10.1. The molecule has 0 heterocycles. The summed E-state index contributed by atoms with van der Waals surface area (Å²) in [7, 11) is 1.31. The third kappa shape index (κ3) is 9.69. The molecular weight excluding hydrogens is 204 g/mol. The van der Waals surface area contributed by atoms with E-state index in [1.807, 2.05) is 0 Å². The fourth-order valence-electron chi connectivity index (χ4n) is 1.60. The molecule has 0 aliphatic rings. The number of Topliss-reactive ketones (excluding diaryl/α,β-unsaturated/α-hetero) is 1. The Bertz CT molecular complexity index is 199. The summed E-state index contributed by atoms with van der Waals surface area (Å²) >= 11 is 0. The van der Waals surface area contributed by atoms with Crippen molar-refractivity contribution < 1.29 is 14.3 Å². The Morgan fingerprint density at radius 1 is 0.938 bits per heavy atom. The number of carbonyl (C=O) groups is 2. The highest BCUT2D eigenvalue weighted by atomic mass is 16.5. The van der Waals surface area contributed by atoms with Crippen molar-refractivity contribution in [2.45, 2.75) is 64.7 Å². The van der Waals surface area contributed by atoms with Crippen LogP contribution in [0.2, 0.25) is 0 Å². The molecule has 0 aliphatic heterocycles. The first-order valence-corrected chi connectivity index (χ1v) is 6.29. The van der Waals surface area contributed by atoms with Crippen molar-refractivity contribution >= 4 is 11.8 Å². The van der Waals surface area contributed by atoms with Gasteiger partial charge in [-0.1, -0.05) is 45.4 Å². The molecule has 0 fully saturated rings. The molecule has 0 unspecified atom stereocenters. The molecule has 0 aromatic rings. The van der Waals surface area contributed by atoms with Crippen molar-refractivity contribution in [2.24, 2.45) is 0 Å². The van der Waals surface area contributed by atoms with Gasteiger partial charge in [-0.2, -0.15) is 0 Å². The van der Waals surface area contributed by atoms with Gasteiger partial charge in [0, 0.05) is 6.42 Å². The first kappa shape index (κ1) is 15.1. The fraction of sp³-hybridized carbons (Fsp3) is 0.846. The third-order valence-electron chi connectivity index (χ3n) is 2.63. The van der Waals surface area contributed by atoms with Gasteiger partial charge in [0.15, 0.2) is 0 Å². The van der Waals surface area contributed by atoms with Crippen LogP contribution in [0.3, 0.4) is 0 Å². The zero-order valence-corrected chi connectivity index (χ0v) is 10.6. The van der Waals surface area contributed by atoms with Gasteiger partial charge in [-0.25, -0.2) is 0 Å². The van der Waals surface area contributed by atoms with E-state index in [9.17, 15) is 9.59 Å². The fourth-order valence-corrected chi connectivity index (χ4v) is 1.60. The van der Waals surface area contributed by atoms with E-state index < -0.39 is 5.97 Å². The van der Waals surface area contributed by atoms with E-state index >= 15 is 0 Å². The van der Waals surface area contributed by atoms with E-state index in [1.54, 1.807) is 0 Å². The van der Waals surface area contributed by atoms with Crippen LogP contribution in [0.5, 0.6) is 0 Å². The number of rotatable bonds is 10. The Morgan fingerprint density at radius 2 is 1.50 bits per heavy atom. The van der Waals surface area contributed by atoms with E-state index in [-0.39, 0.29) is 12.2 Å². The molecule has 0 amide bonds. The zero-order valence-electron chi connectivity index (χ0n) is 10.6. The smallest absolute Gasteiger partial charge is 0.313 e. The minimum Gasteiger partial charge on any atom is -0.469 e. The lowest BCUT2D eigenvalue weighted by Gasteiger charge is -2.01. The molecule has 94 valence electrons. The molecule has 3 heteroatoms. The highest BCUT2D eigenvalue weighted by Crippen LogP contribution is 2.09. The molecule has 0 spiro atoms. The molecule has 16 heavy (non-hydrogen) atoms. The van der Waals surface area contributed by atoms with Crippen LogP contribution in [-0.2, 0) is 14.3 Å². The van der Waals surface area contributed by atoms with Gasteiger partial charge in [0.1, 0.15) is 12.2 Å². The van der Waals surface area contributed by atoms with Crippen molar-refractivity contribution in [1.29, 1.82) is 0 Å². The summed E-state index contributed by atoms with van der Waals surface area (Å²) in [6.45, 7) is 2.20. The summed E-state index contributed by atoms with van der Waals surface area (Å²) in [6, 6.07) is 0. The topological polar surface area (TPSA) is 43.4 Å². The second-order valence-electron chi connectivity index (χ2n) is 4.16. The monoisotopic (exact) mass is 228 g/mol. The van der Waals surface area contributed by atoms with Gasteiger partial charge in [-0.05, 0) is 6.42 Å². The Morgan fingerprint density at radius 3 is 2.06 bits per heavy atom. The average molecular weight is 228 g/mol. The van der Waals surface area contributed by atoms with Gasteiger partial charge in [0.25, 0.3) is 0 Å². The number of carbonyl (C=O) groups excluding carboxylic acids is 2. The van der Waals surface area contributed by atoms with E-state index in [0.717, 1.165) is 12.8 Å². The lowest BCUT2D eigenvalue weighted by Crippen LogP contribution is -2.08. The van der Waals surface area contributed by atoms with Crippen LogP contribution < -0.4 is 0 Å². The molecule has 3 nitrogen and oxygen atoms in total. The van der Waals surface area contributed by atoms with Crippen LogP contribution in [0.15, 0.2) is 0 Å². The van der Waals surface area contributed by atoms with Crippen molar-refractivity contribution in [3.63, 3.8) is 0 Å². The summed E-state index contributed by atoms with van der Waals surface area (Å²) in [5, 5.41) is 0. The summed E-state index contributed by atoms with van der Waals surface area (Å²) in [5.41, 5.74) is 0. The number of hydrogen-bond acceptors (Lipinski definition) is 3. The van der Waals surface area contributed by atoms with Crippen molar-refractivity contribution in [1.82, 2.24) is 0 Å².